The summed E-state index contributed by atoms with van der Waals surface area (Å²) < 4.78 is 32.8. The average Bonchev–Trinajstić information content (AvgIpc) is 2.38. The minimum atomic E-state index is -3.64. The van der Waals surface area contributed by atoms with Crippen LogP contribution < -0.4 is 14.8 Å². The second kappa shape index (κ2) is 6.30. The molecule has 1 heterocycles. The van der Waals surface area contributed by atoms with Crippen LogP contribution in [0.1, 0.15) is 19.8 Å². The van der Waals surface area contributed by atoms with Crippen LogP contribution >= 0.6 is 11.6 Å². The molecule has 1 saturated heterocycles. The van der Waals surface area contributed by atoms with Gasteiger partial charge in [-0.15, -0.1) is 0 Å². The van der Waals surface area contributed by atoms with Gasteiger partial charge in [0, 0.05) is 17.1 Å². The quantitative estimate of drug-likeness (QED) is 0.888. The summed E-state index contributed by atoms with van der Waals surface area (Å²) in [6.45, 7) is 2.85. The molecule has 0 spiro atoms. The number of nitrogens with one attached hydrogen (secondary N) is 2. The van der Waals surface area contributed by atoms with Gasteiger partial charge in [0.05, 0.1) is 7.11 Å². The number of halogens is 1. The fourth-order valence-corrected chi connectivity index (χ4v) is 4.10. The van der Waals surface area contributed by atoms with E-state index in [1.807, 2.05) is 6.92 Å². The molecule has 1 aliphatic rings. The predicted octanol–water partition coefficient (Wildman–Crippen LogP) is 1.77. The maximum Gasteiger partial charge on any atom is 0.244 e. The Morgan fingerprint density at radius 2 is 2.20 bits per heavy atom. The van der Waals surface area contributed by atoms with Crippen LogP contribution in [0.5, 0.6) is 5.75 Å². The number of benzene rings is 1. The summed E-state index contributed by atoms with van der Waals surface area (Å²) in [5.74, 6) is 0.295. The molecule has 7 heteroatoms. The van der Waals surface area contributed by atoms with Crippen LogP contribution in [0, 0.1) is 0 Å². The van der Waals surface area contributed by atoms with Gasteiger partial charge >= 0.3 is 0 Å². The largest absolute Gasteiger partial charge is 0.495 e. The first-order chi connectivity index (χ1) is 9.42. The van der Waals surface area contributed by atoms with Crippen molar-refractivity contribution in [1.82, 2.24) is 10.0 Å². The zero-order valence-electron chi connectivity index (χ0n) is 11.5. The summed E-state index contributed by atoms with van der Waals surface area (Å²) in [4.78, 5) is 0.0821. The van der Waals surface area contributed by atoms with E-state index >= 15 is 0 Å². The lowest BCUT2D eigenvalue weighted by Crippen LogP contribution is -2.46. The van der Waals surface area contributed by atoms with Gasteiger partial charge in [-0.3, -0.25) is 0 Å². The molecule has 1 aliphatic heterocycles. The Hall–Kier alpha value is -0.820. The Kier molecular flexibility index (Phi) is 4.90. The molecule has 2 unspecified atom stereocenters. The molecule has 5 nitrogen and oxygen atoms in total. The van der Waals surface area contributed by atoms with Crippen molar-refractivity contribution in [2.24, 2.45) is 0 Å². The Labute approximate surface area is 124 Å². The third kappa shape index (κ3) is 3.63. The number of ether oxygens (including phenoxy) is 1. The second-order valence-corrected chi connectivity index (χ2v) is 7.11. The lowest BCUT2D eigenvalue weighted by atomic mass is 10.0. The molecule has 0 amide bonds. The Morgan fingerprint density at radius 1 is 1.45 bits per heavy atom. The normalized spacial score (nSPS) is 23.6. The van der Waals surface area contributed by atoms with E-state index in [0.717, 1.165) is 19.4 Å². The summed E-state index contributed by atoms with van der Waals surface area (Å²) in [5.41, 5.74) is 0. The number of sulfonamides is 1. The average molecular weight is 319 g/mol. The molecule has 0 aromatic heterocycles. The van der Waals surface area contributed by atoms with Crippen molar-refractivity contribution in [2.75, 3.05) is 13.7 Å². The van der Waals surface area contributed by atoms with Crippen molar-refractivity contribution in [2.45, 2.75) is 36.7 Å². The predicted molar refractivity (Wildman–Crippen MR) is 78.8 cm³/mol. The topological polar surface area (TPSA) is 67.4 Å². The molecule has 20 heavy (non-hydrogen) atoms. The van der Waals surface area contributed by atoms with Crippen molar-refractivity contribution >= 4 is 21.6 Å². The third-order valence-corrected chi connectivity index (χ3v) is 5.14. The van der Waals surface area contributed by atoms with Crippen molar-refractivity contribution in [3.63, 3.8) is 0 Å². The number of rotatable bonds is 4. The first-order valence-electron chi connectivity index (χ1n) is 6.51. The number of piperidine rings is 1. The van der Waals surface area contributed by atoms with E-state index in [9.17, 15) is 8.42 Å². The first kappa shape index (κ1) is 15.6. The molecule has 2 N–H and O–H groups in total. The summed E-state index contributed by atoms with van der Waals surface area (Å²) in [5, 5.41) is 3.65. The molecule has 1 fully saturated rings. The molecule has 0 bridgehead atoms. The van der Waals surface area contributed by atoms with Gasteiger partial charge in [-0.2, -0.15) is 0 Å². The number of hydrogen-bond donors (Lipinski definition) is 2. The Bertz CT molecular complexity index is 577. The van der Waals surface area contributed by atoms with E-state index < -0.39 is 10.0 Å². The van der Waals surface area contributed by atoms with Crippen LogP contribution in [0.4, 0.5) is 0 Å². The molecule has 0 saturated carbocycles. The monoisotopic (exact) mass is 318 g/mol. The van der Waals surface area contributed by atoms with Gasteiger partial charge in [0.1, 0.15) is 10.6 Å². The van der Waals surface area contributed by atoms with Gasteiger partial charge in [0.2, 0.25) is 10.0 Å². The van der Waals surface area contributed by atoms with Gasteiger partial charge in [-0.25, -0.2) is 13.1 Å². The number of methoxy groups -OCH3 is 1. The highest BCUT2D eigenvalue weighted by molar-refractivity contribution is 7.89. The summed E-state index contributed by atoms with van der Waals surface area (Å²) >= 11 is 5.89. The summed E-state index contributed by atoms with van der Waals surface area (Å²) in [6.07, 6.45) is 1.54. The van der Waals surface area contributed by atoms with E-state index in [4.69, 9.17) is 16.3 Å². The van der Waals surface area contributed by atoms with E-state index in [1.165, 1.54) is 13.2 Å². The fourth-order valence-electron chi connectivity index (χ4n) is 2.38. The molecule has 2 atom stereocenters. The van der Waals surface area contributed by atoms with Crippen LogP contribution in [0.15, 0.2) is 23.1 Å². The standard InChI is InChI=1S/C13H19ClN2O3S/c1-9-7-11(5-6-15-9)16-20(17,18)13-8-10(14)3-4-12(13)19-2/h3-4,8-9,11,15-16H,5-7H2,1-2H3. The van der Waals surface area contributed by atoms with E-state index in [-0.39, 0.29) is 10.9 Å². The van der Waals surface area contributed by atoms with E-state index in [0.29, 0.717) is 16.8 Å². The van der Waals surface area contributed by atoms with Crippen molar-refractivity contribution in [3.8, 4) is 5.75 Å². The van der Waals surface area contributed by atoms with Crippen molar-refractivity contribution < 1.29 is 13.2 Å². The highest BCUT2D eigenvalue weighted by Gasteiger charge is 2.26. The highest BCUT2D eigenvalue weighted by Crippen LogP contribution is 2.27. The molecule has 2 rings (SSSR count). The zero-order chi connectivity index (χ0) is 14.8. The maximum absolute atomic E-state index is 12.5. The molecule has 0 radical (unpaired) electrons. The Balaban J connectivity index is 2.24. The van der Waals surface area contributed by atoms with Crippen molar-refractivity contribution in [3.05, 3.63) is 23.2 Å². The molecule has 1 aromatic carbocycles. The summed E-state index contributed by atoms with van der Waals surface area (Å²) in [7, 11) is -2.20. The van der Waals surface area contributed by atoms with Crippen molar-refractivity contribution in [1.29, 1.82) is 0 Å². The van der Waals surface area contributed by atoms with Crippen LogP contribution in [0.2, 0.25) is 5.02 Å². The van der Waals surface area contributed by atoms with Crippen LogP contribution in [0.3, 0.4) is 0 Å². The van der Waals surface area contributed by atoms with Gasteiger partial charge in [0.15, 0.2) is 0 Å². The fraction of sp³-hybridized carbons (Fsp3) is 0.538. The minimum Gasteiger partial charge on any atom is -0.495 e. The minimum absolute atomic E-state index is 0.0695. The van der Waals surface area contributed by atoms with Gasteiger partial charge in [-0.1, -0.05) is 11.6 Å². The van der Waals surface area contributed by atoms with E-state index in [2.05, 4.69) is 10.0 Å². The molecule has 112 valence electrons. The molecule has 1 aromatic rings. The molecule has 0 aliphatic carbocycles. The van der Waals surface area contributed by atoms with Crippen LogP contribution in [-0.4, -0.2) is 34.2 Å². The lowest BCUT2D eigenvalue weighted by molar-refractivity contribution is 0.360. The van der Waals surface area contributed by atoms with Crippen LogP contribution in [-0.2, 0) is 10.0 Å². The number of hydrogen-bond acceptors (Lipinski definition) is 4. The van der Waals surface area contributed by atoms with Gasteiger partial charge in [-0.05, 0) is 44.5 Å². The second-order valence-electron chi connectivity index (χ2n) is 4.99. The smallest absolute Gasteiger partial charge is 0.244 e. The third-order valence-electron chi connectivity index (χ3n) is 3.36. The lowest BCUT2D eigenvalue weighted by Gasteiger charge is -2.28. The Morgan fingerprint density at radius 3 is 2.85 bits per heavy atom. The van der Waals surface area contributed by atoms with Gasteiger partial charge in [0.25, 0.3) is 0 Å². The molecular formula is C13H19ClN2O3S. The molecular weight excluding hydrogens is 300 g/mol. The van der Waals surface area contributed by atoms with E-state index in [1.54, 1.807) is 12.1 Å². The highest BCUT2D eigenvalue weighted by atomic mass is 35.5. The van der Waals surface area contributed by atoms with Gasteiger partial charge < -0.3 is 10.1 Å². The maximum atomic E-state index is 12.5. The SMILES string of the molecule is COc1ccc(Cl)cc1S(=O)(=O)NC1CCNC(C)C1. The summed E-state index contributed by atoms with van der Waals surface area (Å²) in [6, 6.07) is 4.80. The van der Waals surface area contributed by atoms with Crippen LogP contribution in [0.25, 0.3) is 0 Å². The zero-order valence-corrected chi connectivity index (χ0v) is 13.1. The first-order valence-corrected chi connectivity index (χ1v) is 8.38.